The third kappa shape index (κ3) is 7.02. The summed E-state index contributed by atoms with van der Waals surface area (Å²) in [6.07, 6.45) is 0. The zero-order valence-electron chi connectivity index (χ0n) is 12.2. The van der Waals surface area contributed by atoms with Crippen LogP contribution in [0.1, 0.15) is 41.5 Å². The van der Waals surface area contributed by atoms with E-state index in [9.17, 15) is 0 Å². The molecule has 0 amide bonds. The maximum Gasteiger partial charge on any atom is 0.0202 e. The molecule has 0 saturated carbocycles. The van der Waals surface area contributed by atoms with Crippen LogP contribution in [-0.2, 0) is 0 Å². The minimum absolute atomic E-state index is 0.172. The molecule has 0 aliphatic rings. The van der Waals surface area contributed by atoms with E-state index in [0.717, 1.165) is 13.1 Å². The Kier molecular flexibility index (Phi) is 6.27. The van der Waals surface area contributed by atoms with Gasteiger partial charge in [0.05, 0.1) is 0 Å². The van der Waals surface area contributed by atoms with Crippen molar-refractivity contribution in [3.63, 3.8) is 0 Å². The van der Waals surface area contributed by atoms with E-state index in [1.807, 2.05) is 0 Å². The van der Waals surface area contributed by atoms with E-state index in [1.165, 1.54) is 5.57 Å². The molecule has 0 aromatic rings. The van der Waals surface area contributed by atoms with Crippen molar-refractivity contribution >= 4 is 0 Å². The van der Waals surface area contributed by atoms with Gasteiger partial charge in [0.25, 0.3) is 0 Å². The van der Waals surface area contributed by atoms with Gasteiger partial charge in [-0.3, -0.25) is 4.90 Å². The molecule has 0 aliphatic carbocycles. The Morgan fingerprint density at radius 2 is 1.75 bits per heavy atom. The van der Waals surface area contributed by atoms with E-state index in [1.54, 1.807) is 0 Å². The monoisotopic (exact) mass is 226 g/mol. The second-order valence-corrected chi connectivity index (χ2v) is 6.25. The molecule has 1 atom stereocenters. The first-order chi connectivity index (χ1) is 7.13. The van der Waals surface area contributed by atoms with Crippen LogP contribution in [0.2, 0.25) is 0 Å². The summed E-state index contributed by atoms with van der Waals surface area (Å²) >= 11 is 0. The lowest BCUT2D eigenvalue weighted by Gasteiger charge is -2.29. The van der Waals surface area contributed by atoms with E-state index < -0.39 is 0 Å². The average molecular weight is 226 g/mol. The highest BCUT2D eigenvalue weighted by Crippen LogP contribution is 2.09. The van der Waals surface area contributed by atoms with Gasteiger partial charge in [-0.15, -0.1) is 0 Å². The molecule has 2 nitrogen and oxygen atoms in total. The molecule has 0 radical (unpaired) electrons. The first kappa shape index (κ1) is 15.7. The lowest BCUT2D eigenvalue weighted by Crippen LogP contribution is -2.40. The van der Waals surface area contributed by atoms with Gasteiger partial charge in [0.2, 0.25) is 0 Å². The van der Waals surface area contributed by atoms with Crippen LogP contribution < -0.4 is 5.32 Å². The van der Waals surface area contributed by atoms with E-state index in [-0.39, 0.29) is 5.54 Å². The van der Waals surface area contributed by atoms with Crippen molar-refractivity contribution in [1.29, 1.82) is 0 Å². The molecule has 1 N–H and O–H groups in total. The second kappa shape index (κ2) is 6.41. The Morgan fingerprint density at radius 3 is 2.12 bits per heavy atom. The molecule has 0 aromatic carbocycles. The Labute approximate surface area is 102 Å². The second-order valence-electron chi connectivity index (χ2n) is 6.25. The molecule has 0 rings (SSSR count). The minimum atomic E-state index is 0.172. The lowest BCUT2D eigenvalue weighted by molar-refractivity contribution is 0.222. The van der Waals surface area contributed by atoms with Gasteiger partial charge in [0.15, 0.2) is 0 Å². The van der Waals surface area contributed by atoms with Crippen LogP contribution in [-0.4, -0.2) is 36.6 Å². The molecular weight excluding hydrogens is 196 g/mol. The summed E-state index contributed by atoms with van der Waals surface area (Å²) in [4.78, 5) is 2.37. The molecular formula is C14H30N2. The third-order valence-corrected chi connectivity index (χ3v) is 3.00. The van der Waals surface area contributed by atoms with Crippen molar-refractivity contribution in [1.82, 2.24) is 10.2 Å². The van der Waals surface area contributed by atoms with Crippen LogP contribution in [0.5, 0.6) is 0 Å². The fourth-order valence-electron chi connectivity index (χ4n) is 1.45. The normalized spacial score (nSPS) is 14.6. The average Bonchev–Trinajstić information content (AvgIpc) is 2.12. The van der Waals surface area contributed by atoms with Gasteiger partial charge in [-0.05, 0) is 46.2 Å². The van der Waals surface area contributed by atoms with Crippen molar-refractivity contribution in [2.45, 2.75) is 53.1 Å². The summed E-state index contributed by atoms with van der Waals surface area (Å²) in [5.74, 6) is 0.688. The number of nitrogens with one attached hydrogen (secondary N) is 1. The summed E-state index contributed by atoms with van der Waals surface area (Å²) in [5, 5.41) is 3.47. The Morgan fingerprint density at radius 1 is 1.25 bits per heavy atom. The van der Waals surface area contributed by atoms with Crippen molar-refractivity contribution < 1.29 is 0 Å². The summed E-state index contributed by atoms with van der Waals surface area (Å²) < 4.78 is 0. The topological polar surface area (TPSA) is 15.3 Å². The first-order valence-electron chi connectivity index (χ1n) is 6.25. The molecule has 0 bridgehead atoms. The number of hydrogen-bond donors (Lipinski definition) is 1. The maximum atomic E-state index is 4.14. The summed E-state index contributed by atoms with van der Waals surface area (Å²) in [5.41, 5.74) is 1.43. The highest BCUT2D eigenvalue weighted by Gasteiger charge is 2.14. The van der Waals surface area contributed by atoms with Crippen LogP contribution in [0.3, 0.4) is 0 Å². The standard InChI is InChI=1S/C14H30N2/c1-11(2)13(4)16(8)10-12(3)9-15-14(5,6)7/h11,13,15H,3,9-10H2,1-2,4-8H3. The SMILES string of the molecule is C=C(CNC(C)(C)C)CN(C)C(C)C(C)C. The number of nitrogens with zero attached hydrogens (tertiary/aromatic N) is 1. The fraction of sp³-hybridized carbons (Fsp3) is 0.857. The van der Waals surface area contributed by atoms with Crippen LogP contribution in [0.15, 0.2) is 12.2 Å². The van der Waals surface area contributed by atoms with Crippen LogP contribution in [0.25, 0.3) is 0 Å². The molecule has 0 aliphatic heterocycles. The van der Waals surface area contributed by atoms with Gasteiger partial charge >= 0.3 is 0 Å². The van der Waals surface area contributed by atoms with Crippen LogP contribution in [0, 0.1) is 5.92 Å². The van der Waals surface area contributed by atoms with E-state index in [4.69, 9.17) is 0 Å². The van der Waals surface area contributed by atoms with Gasteiger partial charge in [-0.1, -0.05) is 20.4 Å². The van der Waals surface area contributed by atoms with E-state index >= 15 is 0 Å². The van der Waals surface area contributed by atoms with Crippen LogP contribution >= 0.6 is 0 Å². The highest BCUT2D eigenvalue weighted by atomic mass is 15.1. The van der Waals surface area contributed by atoms with Crippen molar-refractivity contribution in [3.05, 3.63) is 12.2 Å². The zero-order valence-corrected chi connectivity index (χ0v) is 12.2. The molecule has 96 valence electrons. The predicted octanol–water partition coefficient (Wildman–Crippen LogP) is 2.91. The van der Waals surface area contributed by atoms with Gasteiger partial charge in [-0.25, -0.2) is 0 Å². The van der Waals surface area contributed by atoms with Crippen molar-refractivity contribution in [2.24, 2.45) is 5.92 Å². The number of likely N-dealkylation sites (N-methyl/N-ethyl adjacent to an activating group) is 1. The van der Waals surface area contributed by atoms with Gasteiger partial charge in [0.1, 0.15) is 0 Å². The molecule has 16 heavy (non-hydrogen) atoms. The van der Waals surface area contributed by atoms with Gasteiger partial charge in [-0.2, -0.15) is 0 Å². The number of hydrogen-bond acceptors (Lipinski definition) is 2. The molecule has 0 heterocycles. The molecule has 2 heteroatoms. The summed E-state index contributed by atoms with van der Waals surface area (Å²) in [6, 6.07) is 0.603. The Balaban J connectivity index is 3.97. The largest absolute Gasteiger partial charge is 0.308 e. The molecule has 0 aromatic heterocycles. The zero-order chi connectivity index (χ0) is 12.9. The summed E-state index contributed by atoms with van der Waals surface area (Å²) in [7, 11) is 2.17. The van der Waals surface area contributed by atoms with E-state index in [0.29, 0.717) is 12.0 Å². The Bertz CT molecular complexity index is 213. The van der Waals surface area contributed by atoms with E-state index in [2.05, 4.69) is 65.4 Å². The van der Waals surface area contributed by atoms with Crippen LogP contribution in [0.4, 0.5) is 0 Å². The molecule has 1 unspecified atom stereocenters. The Hall–Kier alpha value is -0.340. The fourth-order valence-corrected chi connectivity index (χ4v) is 1.45. The first-order valence-corrected chi connectivity index (χ1v) is 6.25. The quantitative estimate of drug-likeness (QED) is 0.701. The van der Waals surface area contributed by atoms with Gasteiger partial charge < -0.3 is 5.32 Å². The summed E-state index contributed by atoms with van der Waals surface area (Å²) in [6.45, 7) is 19.4. The molecule has 0 spiro atoms. The highest BCUT2D eigenvalue weighted by molar-refractivity contribution is 5.01. The maximum absolute atomic E-state index is 4.14. The smallest absolute Gasteiger partial charge is 0.0202 e. The lowest BCUT2D eigenvalue weighted by atomic mass is 10.0. The van der Waals surface area contributed by atoms with Gasteiger partial charge in [0, 0.05) is 24.7 Å². The van der Waals surface area contributed by atoms with Crippen molar-refractivity contribution in [2.75, 3.05) is 20.1 Å². The molecule has 0 saturated heterocycles. The van der Waals surface area contributed by atoms with Crippen molar-refractivity contribution in [3.8, 4) is 0 Å². The molecule has 0 fully saturated rings. The number of rotatable bonds is 6. The third-order valence-electron chi connectivity index (χ3n) is 3.00. The minimum Gasteiger partial charge on any atom is -0.308 e. The predicted molar refractivity (Wildman–Crippen MR) is 73.8 cm³/mol.